The van der Waals surface area contributed by atoms with Crippen LogP contribution in [0.3, 0.4) is 0 Å². The maximum Gasteiger partial charge on any atom is 0.305 e. The maximum atomic E-state index is 12.1. The number of hydrogen-bond donors (Lipinski definition) is 1. The Labute approximate surface area is 176 Å². The van der Waals surface area contributed by atoms with Gasteiger partial charge in [0.1, 0.15) is 5.78 Å². The van der Waals surface area contributed by atoms with Gasteiger partial charge in [-0.25, -0.2) is 0 Å². The van der Waals surface area contributed by atoms with Gasteiger partial charge in [-0.05, 0) is 91.3 Å². The van der Waals surface area contributed by atoms with Gasteiger partial charge in [-0.1, -0.05) is 20.8 Å². The molecule has 0 amide bonds. The molecule has 4 heteroatoms. The minimum absolute atomic E-state index is 0.103. The molecule has 0 radical (unpaired) electrons. The Hall–Kier alpha value is -0.900. The first kappa shape index (κ1) is 21.3. The van der Waals surface area contributed by atoms with Gasteiger partial charge < -0.3 is 9.84 Å². The predicted octanol–water partition coefficient (Wildman–Crippen LogP) is 4.77. The van der Waals surface area contributed by atoms with Crippen molar-refractivity contribution in [1.29, 1.82) is 0 Å². The average molecular weight is 405 g/mol. The Kier molecular flexibility index (Phi) is 5.63. The molecule has 1 N–H and O–H groups in total. The zero-order valence-corrected chi connectivity index (χ0v) is 18.8. The molecule has 0 saturated heterocycles. The van der Waals surface area contributed by atoms with E-state index in [1.807, 2.05) is 0 Å². The zero-order chi connectivity index (χ0) is 21.0. The van der Waals surface area contributed by atoms with Crippen molar-refractivity contribution >= 4 is 11.8 Å². The molecule has 29 heavy (non-hydrogen) atoms. The summed E-state index contributed by atoms with van der Waals surface area (Å²) in [6.45, 7) is 7.22. The van der Waals surface area contributed by atoms with Gasteiger partial charge in [-0.3, -0.25) is 9.59 Å². The molecule has 0 aromatic heterocycles. The van der Waals surface area contributed by atoms with E-state index in [1.165, 1.54) is 32.8 Å². The lowest BCUT2D eigenvalue weighted by Crippen LogP contribution is -2.58. The third-order valence-corrected chi connectivity index (χ3v) is 10.3. The quantitative estimate of drug-likeness (QED) is 0.685. The van der Waals surface area contributed by atoms with Crippen LogP contribution >= 0.6 is 0 Å². The Balaban J connectivity index is 1.53. The summed E-state index contributed by atoms with van der Waals surface area (Å²) in [4.78, 5) is 23.7. The summed E-state index contributed by atoms with van der Waals surface area (Å²) in [6.07, 6.45) is 9.27. The highest BCUT2D eigenvalue weighted by Crippen LogP contribution is 2.68. The van der Waals surface area contributed by atoms with E-state index in [-0.39, 0.29) is 22.9 Å². The van der Waals surface area contributed by atoms with Crippen LogP contribution in [0.1, 0.15) is 85.0 Å². The minimum atomic E-state index is -0.252. The smallest absolute Gasteiger partial charge is 0.305 e. The van der Waals surface area contributed by atoms with E-state index in [4.69, 9.17) is 4.74 Å². The van der Waals surface area contributed by atoms with Crippen LogP contribution in [-0.2, 0) is 14.3 Å². The molecule has 0 heterocycles. The molecule has 4 aliphatic rings. The second-order valence-electron chi connectivity index (χ2n) is 11.4. The summed E-state index contributed by atoms with van der Waals surface area (Å²) in [6, 6.07) is 0. The molecule has 4 nitrogen and oxygen atoms in total. The van der Waals surface area contributed by atoms with E-state index in [0.29, 0.717) is 54.1 Å². The van der Waals surface area contributed by atoms with Gasteiger partial charge in [0.2, 0.25) is 0 Å². The van der Waals surface area contributed by atoms with Gasteiger partial charge in [-0.15, -0.1) is 0 Å². The summed E-state index contributed by atoms with van der Waals surface area (Å²) in [5, 5.41) is 11.3. The molecule has 4 saturated carbocycles. The second-order valence-corrected chi connectivity index (χ2v) is 11.4. The molecule has 0 aromatic carbocycles. The summed E-state index contributed by atoms with van der Waals surface area (Å²) >= 11 is 0. The van der Waals surface area contributed by atoms with Crippen molar-refractivity contribution < 1.29 is 19.4 Å². The Morgan fingerprint density at radius 3 is 2.62 bits per heavy atom. The number of carbonyl (C=O) groups excluding carboxylic acids is 2. The van der Waals surface area contributed by atoms with Crippen molar-refractivity contribution in [3.8, 4) is 0 Å². The van der Waals surface area contributed by atoms with E-state index in [0.717, 1.165) is 25.7 Å². The molecule has 164 valence electrons. The topological polar surface area (TPSA) is 63.6 Å². The molecule has 0 aromatic rings. The molecule has 4 fully saturated rings. The van der Waals surface area contributed by atoms with Crippen LogP contribution < -0.4 is 0 Å². The van der Waals surface area contributed by atoms with Crippen LogP contribution in [-0.4, -0.2) is 30.1 Å². The van der Waals surface area contributed by atoms with Crippen LogP contribution in [0.2, 0.25) is 0 Å². The number of rotatable bonds is 4. The van der Waals surface area contributed by atoms with Gasteiger partial charge in [0.25, 0.3) is 0 Å². The Bertz CT molecular complexity index is 659. The molecule has 9 atom stereocenters. The highest BCUT2D eigenvalue weighted by atomic mass is 16.5. The first-order valence-electron chi connectivity index (χ1n) is 12.0. The van der Waals surface area contributed by atoms with Gasteiger partial charge in [0.15, 0.2) is 0 Å². The summed E-state index contributed by atoms with van der Waals surface area (Å²) in [5.74, 6) is 3.35. The Morgan fingerprint density at radius 2 is 1.90 bits per heavy atom. The highest BCUT2D eigenvalue weighted by Gasteiger charge is 2.62. The van der Waals surface area contributed by atoms with Crippen molar-refractivity contribution in [1.82, 2.24) is 0 Å². The van der Waals surface area contributed by atoms with E-state index in [1.54, 1.807) is 0 Å². The number of esters is 1. The summed E-state index contributed by atoms with van der Waals surface area (Å²) in [5.41, 5.74) is 0.499. The maximum absolute atomic E-state index is 12.1. The number of aliphatic hydroxyl groups excluding tert-OH is 1. The van der Waals surface area contributed by atoms with Gasteiger partial charge >= 0.3 is 5.97 Å². The number of ketones is 1. The van der Waals surface area contributed by atoms with Crippen molar-refractivity contribution in [2.75, 3.05) is 7.11 Å². The largest absolute Gasteiger partial charge is 0.469 e. The summed E-state index contributed by atoms with van der Waals surface area (Å²) in [7, 11) is 1.47. The number of methoxy groups -OCH3 is 1. The van der Waals surface area contributed by atoms with E-state index < -0.39 is 0 Å². The van der Waals surface area contributed by atoms with Crippen molar-refractivity contribution in [3.05, 3.63) is 0 Å². The van der Waals surface area contributed by atoms with Crippen molar-refractivity contribution in [3.63, 3.8) is 0 Å². The predicted molar refractivity (Wildman–Crippen MR) is 112 cm³/mol. The normalized spacial score (nSPS) is 47.7. The number of fused-ring (bicyclic) bond motifs is 5. The first-order chi connectivity index (χ1) is 13.7. The minimum Gasteiger partial charge on any atom is -0.469 e. The molecule has 0 aliphatic heterocycles. The fourth-order valence-electron chi connectivity index (χ4n) is 8.64. The molecular weight excluding hydrogens is 364 g/mol. The monoisotopic (exact) mass is 404 g/mol. The molecule has 0 spiro atoms. The highest BCUT2D eigenvalue weighted by molar-refractivity contribution is 5.79. The second kappa shape index (κ2) is 7.66. The number of aliphatic hydroxyl groups is 1. The molecular formula is C25H40O4. The lowest BCUT2D eigenvalue weighted by atomic mass is 9.44. The summed E-state index contributed by atoms with van der Waals surface area (Å²) < 4.78 is 4.85. The molecule has 0 bridgehead atoms. The standard InChI is InChI=1S/C25H40O4/c1-15(5-8-22(28)29-4)18-6-7-19-23-20(10-12-25(18,19)3)24(2)11-9-17(26)13-16(24)14-21(23)27/h15-16,18-21,23,27H,5-14H2,1-4H3/t15-,16+,18-,19+,20+,21+,23-,24+,25-/m1/s1. The van der Waals surface area contributed by atoms with Crippen LogP contribution in [0.5, 0.6) is 0 Å². The lowest BCUT2D eigenvalue weighted by Gasteiger charge is -2.62. The van der Waals surface area contributed by atoms with E-state index >= 15 is 0 Å². The van der Waals surface area contributed by atoms with Gasteiger partial charge in [-0.2, -0.15) is 0 Å². The average Bonchev–Trinajstić information content (AvgIpc) is 3.04. The third kappa shape index (κ3) is 3.38. The molecule has 0 unspecified atom stereocenters. The van der Waals surface area contributed by atoms with Gasteiger partial charge in [0.05, 0.1) is 13.2 Å². The Morgan fingerprint density at radius 1 is 1.17 bits per heavy atom. The van der Waals surface area contributed by atoms with Crippen LogP contribution in [0.15, 0.2) is 0 Å². The first-order valence-corrected chi connectivity index (χ1v) is 12.0. The fraction of sp³-hybridized carbons (Fsp3) is 0.920. The third-order valence-electron chi connectivity index (χ3n) is 10.3. The SMILES string of the molecule is COC(=O)CC[C@@H](C)[C@H]1CC[C@H]2[C@H]3[C@@H](O)C[C@@H]4CC(=O)CC[C@]4(C)[C@H]3CC[C@]12C. The lowest BCUT2D eigenvalue weighted by molar-refractivity contribution is -0.169. The van der Waals surface area contributed by atoms with E-state index in [2.05, 4.69) is 20.8 Å². The number of hydrogen-bond acceptors (Lipinski definition) is 4. The van der Waals surface area contributed by atoms with Crippen LogP contribution in [0, 0.1) is 46.3 Å². The zero-order valence-electron chi connectivity index (χ0n) is 18.8. The fourth-order valence-corrected chi connectivity index (χ4v) is 8.64. The van der Waals surface area contributed by atoms with Crippen molar-refractivity contribution in [2.45, 2.75) is 91.1 Å². The molecule has 4 aliphatic carbocycles. The molecule has 4 rings (SSSR count). The number of carbonyl (C=O) groups is 2. The van der Waals surface area contributed by atoms with Crippen molar-refractivity contribution in [2.24, 2.45) is 46.3 Å². The van der Waals surface area contributed by atoms with Crippen LogP contribution in [0.4, 0.5) is 0 Å². The van der Waals surface area contributed by atoms with Gasteiger partial charge in [0, 0.05) is 19.3 Å². The van der Waals surface area contributed by atoms with E-state index in [9.17, 15) is 14.7 Å². The van der Waals surface area contributed by atoms with Crippen LogP contribution in [0.25, 0.3) is 0 Å². The number of Topliss-reactive ketones (excluding diaryl/α,β-unsaturated/α-hetero) is 1. The number of ether oxygens (including phenoxy) is 1.